The molecular formula is C12H14N4O. The average Bonchev–Trinajstić information content (AvgIpc) is 2.83. The molecule has 4 N–H and O–H groups in total. The maximum Gasteiger partial charge on any atom is 0.131 e. The number of rotatable bonds is 1. The molecule has 1 aliphatic rings. The smallest absolute Gasteiger partial charge is 0.131 e. The van der Waals surface area contributed by atoms with E-state index in [1.54, 1.807) is 12.3 Å². The monoisotopic (exact) mass is 230 g/mol. The summed E-state index contributed by atoms with van der Waals surface area (Å²) in [5.74, 6) is 1.32. The Morgan fingerprint density at radius 1 is 1.29 bits per heavy atom. The van der Waals surface area contributed by atoms with Crippen LogP contribution < -0.4 is 11.5 Å². The van der Waals surface area contributed by atoms with Crippen molar-refractivity contribution in [2.75, 3.05) is 24.7 Å². The van der Waals surface area contributed by atoms with E-state index in [1.165, 1.54) is 0 Å². The third-order valence-corrected chi connectivity index (χ3v) is 3.13. The number of anilines is 2. The van der Waals surface area contributed by atoms with Crippen LogP contribution in [0.3, 0.4) is 0 Å². The Labute approximate surface area is 98.8 Å². The number of hydrogen-bond donors (Lipinski definition) is 2. The van der Waals surface area contributed by atoms with Crippen molar-refractivity contribution in [3.05, 3.63) is 24.0 Å². The van der Waals surface area contributed by atoms with Crippen molar-refractivity contribution in [3.8, 4) is 0 Å². The molecule has 0 radical (unpaired) electrons. The van der Waals surface area contributed by atoms with Gasteiger partial charge in [0.05, 0.1) is 6.61 Å². The highest BCUT2D eigenvalue weighted by molar-refractivity contribution is 5.92. The Morgan fingerprint density at radius 3 is 2.94 bits per heavy atom. The van der Waals surface area contributed by atoms with Crippen molar-refractivity contribution < 1.29 is 4.74 Å². The minimum atomic E-state index is 0.347. The van der Waals surface area contributed by atoms with Crippen LogP contribution in [0.15, 0.2) is 18.3 Å². The van der Waals surface area contributed by atoms with E-state index in [-0.39, 0.29) is 0 Å². The molecule has 0 aliphatic carbocycles. The van der Waals surface area contributed by atoms with Crippen LogP contribution in [0.4, 0.5) is 11.6 Å². The Balaban J connectivity index is 2.13. The first-order valence-corrected chi connectivity index (χ1v) is 5.63. The van der Waals surface area contributed by atoms with E-state index in [4.69, 9.17) is 16.2 Å². The maximum absolute atomic E-state index is 5.96. The van der Waals surface area contributed by atoms with Gasteiger partial charge >= 0.3 is 0 Å². The van der Waals surface area contributed by atoms with Gasteiger partial charge in [-0.1, -0.05) is 0 Å². The minimum absolute atomic E-state index is 0.347. The first-order valence-electron chi connectivity index (χ1n) is 5.63. The number of nitrogens with zero attached hydrogens (tertiary/aromatic N) is 2. The third-order valence-electron chi connectivity index (χ3n) is 3.13. The maximum atomic E-state index is 5.96. The topological polar surface area (TPSA) is 87.1 Å². The molecule has 0 spiro atoms. The summed E-state index contributed by atoms with van der Waals surface area (Å²) in [4.78, 5) is 8.52. The van der Waals surface area contributed by atoms with E-state index in [0.717, 1.165) is 36.1 Å². The van der Waals surface area contributed by atoms with Crippen LogP contribution in [-0.2, 0) is 4.74 Å². The van der Waals surface area contributed by atoms with Gasteiger partial charge in [-0.15, -0.1) is 0 Å². The van der Waals surface area contributed by atoms with Crippen molar-refractivity contribution in [1.82, 2.24) is 9.97 Å². The molecule has 0 bridgehead atoms. The highest BCUT2D eigenvalue weighted by Gasteiger charge is 2.20. The molecular weight excluding hydrogens is 216 g/mol. The molecule has 0 aromatic carbocycles. The zero-order valence-electron chi connectivity index (χ0n) is 9.39. The molecule has 0 unspecified atom stereocenters. The zero-order valence-corrected chi connectivity index (χ0v) is 9.39. The predicted octanol–water partition coefficient (Wildman–Crippen LogP) is 1.30. The molecule has 1 aliphatic heterocycles. The Hall–Kier alpha value is -1.88. The van der Waals surface area contributed by atoms with Gasteiger partial charge in [0.25, 0.3) is 0 Å². The number of nitrogens with two attached hydrogens (primary N) is 2. The van der Waals surface area contributed by atoms with Crippen molar-refractivity contribution in [2.24, 2.45) is 0 Å². The lowest BCUT2D eigenvalue weighted by atomic mass is 10.0. The van der Waals surface area contributed by atoms with Gasteiger partial charge in [0.1, 0.15) is 11.6 Å². The van der Waals surface area contributed by atoms with Crippen molar-refractivity contribution in [1.29, 1.82) is 0 Å². The number of pyridine rings is 2. The highest BCUT2D eigenvalue weighted by atomic mass is 16.5. The molecule has 17 heavy (non-hydrogen) atoms. The second-order valence-electron chi connectivity index (χ2n) is 4.32. The van der Waals surface area contributed by atoms with Crippen LogP contribution >= 0.6 is 0 Å². The Bertz CT molecular complexity index is 564. The molecule has 88 valence electrons. The standard InChI is InChI=1S/C12H14N4O/c13-11-4-9-8(5-15-11)3-10(16-12(9)14)7-1-2-17-6-7/h3-5,7H,1-2,6H2,(H2,13,15)(H2,14,16)/t7-/m0/s1. The molecule has 3 heterocycles. The number of nitrogen functional groups attached to an aromatic ring is 2. The van der Waals surface area contributed by atoms with Gasteiger partial charge in [0.2, 0.25) is 0 Å². The summed E-state index contributed by atoms with van der Waals surface area (Å²) < 4.78 is 5.37. The van der Waals surface area contributed by atoms with E-state index in [1.807, 2.05) is 6.07 Å². The Morgan fingerprint density at radius 2 is 2.18 bits per heavy atom. The summed E-state index contributed by atoms with van der Waals surface area (Å²) in [5, 5.41) is 1.84. The summed E-state index contributed by atoms with van der Waals surface area (Å²) in [6.45, 7) is 1.52. The summed E-state index contributed by atoms with van der Waals surface area (Å²) in [6, 6.07) is 3.78. The molecule has 2 aromatic heterocycles. The molecule has 1 atom stereocenters. The lowest BCUT2D eigenvalue weighted by Crippen LogP contribution is -2.04. The van der Waals surface area contributed by atoms with Gasteiger partial charge in [-0.2, -0.15) is 0 Å². The molecule has 0 amide bonds. The molecule has 2 aromatic rings. The lowest BCUT2D eigenvalue weighted by Gasteiger charge is -2.10. The van der Waals surface area contributed by atoms with Crippen LogP contribution in [0.25, 0.3) is 10.8 Å². The normalized spacial score (nSPS) is 19.9. The molecule has 3 rings (SSSR count). The van der Waals surface area contributed by atoms with Gasteiger partial charge in [-0.25, -0.2) is 9.97 Å². The van der Waals surface area contributed by atoms with Gasteiger partial charge in [-0.3, -0.25) is 0 Å². The summed E-state index contributed by atoms with van der Waals surface area (Å²) in [6.07, 6.45) is 2.74. The number of fused-ring (bicyclic) bond motifs is 1. The lowest BCUT2D eigenvalue weighted by molar-refractivity contribution is 0.193. The van der Waals surface area contributed by atoms with E-state index in [2.05, 4.69) is 9.97 Å². The SMILES string of the molecule is Nc1cc2c(N)nc([C@H]3CCOC3)cc2cn1. The minimum Gasteiger partial charge on any atom is -0.384 e. The molecule has 1 fully saturated rings. The van der Waals surface area contributed by atoms with Crippen LogP contribution in [0.1, 0.15) is 18.0 Å². The Kier molecular flexibility index (Phi) is 2.33. The van der Waals surface area contributed by atoms with E-state index >= 15 is 0 Å². The van der Waals surface area contributed by atoms with Crippen molar-refractivity contribution in [2.45, 2.75) is 12.3 Å². The fourth-order valence-corrected chi connectivity index (χ4v) is 2.19. The van der Waals surface area contributed by atoms with E-state index in [0.29, 0.717) is 17.6 Å². The number of aromatic nitrogens is 2. The van der Waals surface area contributed by atoms with Crippen molar-refractivity contribution in [3.63, 3.8) is 0 Å². The average molecular weight is 230 g/mol. The quantitative estimate of drug-likeness (QED) is 0.771. The second kappa shape index (κ2) is 3.85. The van der Waals surface area contributed by atoms with Crippen LogP contribution in [0.5, 0.6) is 0 Å². The highest BCUT2D eigenvalue weighted by Crippen LogP contribution is 2.28. The van der Waals surface area contributed by atoms with Gasteiger partial charge in [0, 0.05) is 35.2 Å². The van der Waals surface area contributed by atoms with Crippen LogP contribution in [0.2, 0.25) is 0 Å². The van der Waals surface area contributed by atoms with Gasteiger partial charge in [0.15, 0.2) is 0 Å². The summed E-state index contributed by atoms with van der Waals surface area (Å²) in [7, 11) is 0. The molecule has 1 saturated heterocycles. The molecule has 5 nitrogen and oxygen atoms in total. The second-order valence-corrected chi connectivity index (χ2v) is 4.32. The first-order chi connectivity index (χ1) is 8.24. The number of ether oxygens (including phenoxy) is 1. The zero-order chi connectivity index (χ0) is 11.8. The fraction of sp³-hybridized carbons (Fsp3) is 0.333. The summed E-state index contributed by atoms with van der Waals surface area (Å²) >= 11 is 0. The van der Waals surface area contributed by atoms with Crippen LogP contribution in [0, 0.1) is 0 Å². The first kappa shape index (κ1) is 10.3. The van der Waals surface area contributed by atoms with E-state index < -0.39 is 0 Å². The fourth-order valence-electron chi connectivity index (χ4n) is 2.19. The third kappa shape index (κ3) is 1.78. The van der Waals surface area contributed by atoms with Gasteiger partial charge in [-0.05, 0) is 18.6 Å². The largest absolute Gasteiger partial charge is 0.384 e. The summed E-state index contributed by atoms with van der Waals surface area (Å²) in [5.41, 5.74) is 12.6. The molecule has 0 saturated carbocycles. The van der Waals surface area contributed by atoms with Crippen molar-refractivity contribution >= 4 is 22.4 Å². The molecule has 5 heteroatoms. The van der Waals surface area contributed by atoms with E-state index in [9.17, 15) is 0 Å². The van der Waals surface area contributed by atoms with Crippen LogP contribution in [-0.4, -0.2) is 23.2 Å². The predicted molar refractivity (Wildman–Crippen MR) is 66.5 cm³/mol. The van der Waals surface area contributed by atoms with Gasteiger partial charge < -0.3 is 16.2 Å². The number of hydrogen-bond acceptors (Lipinski definition) is 5.